The smallest absolute Gasteiger partial charge is 0.0718 e. The van der Waals surface area contributed by atoms with Gasteiger partial charge in [-0.3, -0.25) is 4.99 Å². The third-order valence-electron chi connectivity index (χ3n) is 3.54. The van der Waals surface area contributed by atoms with Crippen molar-refractivity contribution in [2.45, 2.75) is 52.6 Å². The molecule has 2 heteroatoms. The predicted molar refractivity (Wildman–Crippen MR) is 74.4 cm³/mol. The Morgan fingerprint density at radius 2 is 2.06 bits per heavy atom. The van der Waals surface area contributed by atoms with Crippen LogP contribution in [0.25, 0.3) is 0 Å². The molecule has 0 saturated heterocycles. The first-order valence-electron chi connectivity index (χ1n) is 6.46. The Labute approximate surface area is 105 Å². The standard InChI is InChI=1S/C15H25NO/c1-5-13(8-11-16-4)12-17-14-6-9-15(2,3)10-7-14/h5,8,11,14H,4,6-7,9-10,12H2,1-3H3/b11-8-,13-5+. The van der Waals surface area contributed by atoms with Gasteiger partial charge >= 0.3 is 0 Å². The van der Waals surface area contributed by atoms with Gasteiger partial charge in [-0.15, -0.1) is 0 Å². The van der Waals surface area contributed by atoms with E-state index in [4.69, 9.17) is 4.74 Å². The highest BCUT2D eigenvalue weighted by Gasteiger charge is 2.26. The van der Waals surface area contributed by atoms with Crippen molar-refractivity contribution in [3.63, 3.8) is 0 Å². The summed E-state index contributed by atoms with van der Waals surface area (Å²) in [7, 11) is 0. The molecule has 1 saturated carbocycles. The van der Waals surface area contributed by atoms with E-state index in [0.29, 0.717) is 18.1 Å². The van der Waals surface area contributed by atoms with Crippen LogP contribution >= 0.6 is 0 Å². The summed E-state index contributed by atoms with van der Waals surface area (Å²) in [5.41, 5.74) is 1.68. The molecule has 1 aliphatic carbocycles. The van der Waals surface area contributed by atoms with Crippen LogP contribution in [0.2, 0.25) is 0 Å². The molecule has 0 spiro atoms. The molecule has 0 aromatic rings. The van der Waals surface area contributed by atoms with Crippen LogP contribution in [-0.2, 0) is 4.74 Å². The fraction of sp³-hybridized carbons (Fsp3) is 0.667. The number of nitrogens with zero attached hydrogens (tertiary/aromatic N) is 1. The first-order chi connectivity index (χ1) is 8.07. The molecule has 0 heterocycles. The van der Waals surface area contributed by atoms with Crippen molar-refractivity contribution in [3.05, 3.63) is 23.9 Å². The van der Waals surface area contributed by atoms with Gasteiger partial charge in [0.1, 0.15) is 0 Å². The number of allylic oxidation sites excluding steroid dienone is 1. The first kappa shape index (κ1) is 14.2. The van der Waals surface area contributed by atoms with E-state index in [-0.39, 0.29) is 0 Å². The minimum absolute atomic E-state index is 0.433. The SMILES string of the molecule is C=N/C=C\C(=C/C)COC1CCC(C)(C)CC1. The highest BCUT2D eigenvalue weighted by Crippen LogP contribution is 2.36. The third kappa shape index (κ3) is 5.31. The van der Waals surface area contributed by atoms with Gasteiger partial charge in [0.2, 0.25) is 0 Å². The van der Waals surface area contributed by atoms with Crippen LogP contribution in [0.1, 0.15) is 46.5 Å². The normalized spacial score (nSPS) is 21.9. The van der Waals surface area contributed by atoms with Gasteiger partial charge in [0, 0.05) is 6.20 Å². The molecule has 0 N–H and O–H groups in total. The molecule has 1 fully saturated rings. The maximum Gasteiger partial charge on any atom is 0.0718 e. The van der Waals surface area contributed by atoms with Crippen LogP contribution in [0.15, 0.2) is 28.9 Å². The molecule has 96 valence electrons. The van der Waals surface area contributed by atoms with Gasteiger partial charge in [0.25, 0.3) is 0 Å². The van der Waals surface area contributed by atoms with Crippen molar-refractivity contribution in [3.8, 4) is 0 Å². The molecule has 0 unspecified atom stereocenters. The van der Waals surface area contributed by atoms with Gasteiger partial charge in [-0.25, -0.2) is 0 Å². The Morgan fingerprint density at radius 3 is 2.59 bits per heavy atom. The first-order valence-corrected chi connectivity index (χ1v) is 6.46. The molecule has 1 aliphatic rings. The molecule has 17 heavy (non-hydrogen) atoms. The topological polar surface area (TPSA) is 21.6 Å². The molecule has 2 nitrogen and oxygen atoms in total. The molecule has 0 bridgehead atoms. The lowest BCUT2D eigenvalue weighted by Crippen LogP contribution is -2.26. The van der Waals surface area contributed by atoms with Crippen LogP contribution in [0.5, 0.6) is 0 Å². The van der Waals surface area contributed by atoms with Gasteiger partial charge in [-0.05, 0) is 56.4 Å². The van der Waals surface area contributed by atoms with Crippen LogP contribution in [0.4, 0.5) is 0 Å². The summed E-state index contributed by atoms with van der Waals surface area (Å²) in [6.07, 6.45) is 11.1. The molecule has 0 aromatic heterocycles. The van der Waals surface area contributed by atoms with Crippen molar-refractivity contribution >= 4 is 6.72 Å². The third-order valence-corrected chi connectivity index (χ3v) is 3.54. The fourth-order valence-corrected chi connectivity index (χ4v) is 2.13. The number of ether oxygens (including phenoxy) is 1. The van der Waals surface area contributed by atoms with Crippen molar-refractivity contribution in [1.29, 1.82) is 0 Å². The summed E-state index contributed by atoms with van der Waals surface area (Å²) >= 11 is 0. The quantitative estimate of drug-likeness (QED) is 0.518. The second-order valence-corrected chi connectivity index (χ2v) is 5.54. The average Bonchev–Trinajstić information content (AvgIpc) is 2.31. The van der Waals surface area contributed by atoms with Gasteiger partial charge in [-0.2, -0.15) is 0 Å². The van der Waals surface area contributed by atoms with Gasteiger partial charge < -0.3 is 4.74 Å². The number of aliphatic imine (C=N–C) groups is 1. The minimum atomic E-state index is 0.433. The van der Waals surface area contributed by atoms with E-state index in [1.807, 2.05) is 13.0 Å². The lowest BCUT2D eigenvalue weighted by Gasteiger charge is -2.34. The highest BCUT2D eigenvalue weighted by atomic mass is 16.5. The van der Waals surface area contributed by atoms with E-state index in [9.17, 15) is 0 Å². The van der Waals surface area contributed by atoms with Gasteiger partial charge in [-0.1, -0.05) is 19.9 Å². The Kier molecular flexibility index (Phi) is 5.63. The van der Waals surface area contributed by atoms with E-state index in [0.717, 1.165) is 0 Å². The molecule has 0 aromatic carbocycles. The van der Waals surface area contributed by atoms with Crippen LogP contribution in [0, 0.1) is 5.41 Å². The summed E-state index contributed by atoms with van der Waals surface area (Å²) in [6.45, 7) is 10.8. The predicted octanol–water partition coefficient (Wildman–Crippen LogP) is 4.13. The lowest BCUT2D eigenvalue weighted by molar-refractivity contribution is 0.0166. The second kappa shape index (κ2) is 6.75. The van der Waals surface area contributed by atoms with Crippen molar-refractivity contribution in [1.82, 2.24) is 0 Å². The van der Waals surface area contributed by atoms with E-state index in [1.54, 1.807) is 6.20 Å². The van der Waals surface area contributed by atoms with Gasteiger partial charge in [0.05, 0.1) is 12.7 Å². The average molecular weight is 235 g/mol. The van der Waals surface area contributed by atoms with E-state index >= 15 is 0 Å². The number of rotatable bonds is 5. The van der Waals surface area contributed by atoms with Crippen LogP contribution in [0.3, 0.4) is 0 Å². The Bertz CT molecular complexity index is 292. The van der Waals surface area contributed by atoms with Crippen molar-refractivity contribution in [2.75, 3.05) is 6.61 Å². The van der Waals surface area contributed by atoms with Crippen LogP contribution in [-0.4, -0.2) is 19.4 Å². The van der Waals surface area contributed by atoms with Crippen LogP contribution < -0.4 is 0 Å². The summed E-state index contributed by atoms with van der Waals surface area (Å²) in [4.78, 5) is 3.71. The summed E-state index contributed by atoms with van der Waals surface area (Å²) in [6, 6.07) is 0. The Morgan fingerprint density at radius 1 is 1.41 bits per heavy atom. The molecule has 0 amide bonds. The minimum Gasteiger partial charge on any atom is -0.374 e. The number of hydrogen-bond acceptors (Lipinski definition) is 2. The summed E-state index contributed by atoms with van der Waals surface area (Å²) in [5, 5.41) is 0. The molecule has 1 rings (SSSR count). The molecular weight excluding hydrogens is 210 g/mol. The molecule has 0 aliphatic heterocycles. The van der Waals surface area contributed by atoms with Crippen molar-refractivity contribution < 1.29 is 4.74 Å². The molecular formula is C15H25NO. The Balaban J connectivity index is 2.31. The zero-order chi connectivity index (χ0) is 12.7. The van der Waals surface area contributed by atoms with Crippen molar-refractivity contribution in [2.24, 2.45) is 10.4 Å². The zero-order valence-electron chi connectivity index (χ0n) is 11.4. The summed E-state index contributed by atoms with van der Waals surface area (Å²) in [5.74, 6) is 0. The van der Waals surface area contributed by atoms with E-state index in [2.05, 4.69) is 31.6 Å². The largest absolute Gasteiger partial charge is 0.374 e. The molecule has 0 radical (unpaired) electrons. The van der Waals surface area contributed by atoms with E-state index in [1.165, 1.54) is 31.3 Å². The second-order valence-electron chi connectivity index (χ2n) is 5.54. The summed E-state index contributed by atoms with van der Waals surface area (Å²) < 4.78 is 5.94. The van der Waals surface area contributed by atoms with E-state index < -0.39 is 0 Å². The maximum absolute atomic E-state index is 5.94. The zero-order valence-corrected chi connectivity index (χ0v) is 11.4. The monoisotopic (exact) mass is 235 g/mol. The molecule has 0 atom stereocenters. The maximum atomic E-state index is 5.94. The lowest BCUT2D eigenvalue weighted by atomic mass is 9.76. The fourth-order valence-electron chi connectivity index (χ4n) is 2.13. The van der Waals surface area contributed by atoms with Gasteiger partial charge in [0.15, 0.2) is 0 Å². The number of hydrogen-bond donors (Lipinski definition) is 0. The highest BCUT2D eigenvalue weighted by molar-refractivity contribution is 5.27. The Hall–Kier alpha value is -0.890.